The van der Waals surface area contributed by atoms with E-state index in [0.717, 1.165) is 25.2 Å². The van der Waals surface area contributed by atoms with Crippen LogP contribution in [-0.4, -0.2) is 43.6 Å². The summed E-state index contributed by atoms with van der Waals surface area (Å²) in [6.45, 7) is 8.35. The van der Waals surface area contributed by atoms with Gasteiger partial charge < -0.3 is 18.8 Å². The maximum Gasteiger partial charge on any atom is 0.476 e. The fraction of sp³-hybridized carbons (Fsp3) is 1.00. The first-order chi connectivity index (χ1) is 10.4. The molecule has 0 N–H and O–H groups in total. The van der Waals surface area contributed by atoms with Gasteiger partial charge in [0, 0.05) is 0 Å². The highest BCUT2D eigenvalue weighted by atomic mass is 35.5. The van der Waals surface area contributed by atoms with Gasteiger partial charge in [-0.15, -0.1) is 11.6 Å². The van der Waals surface area contributed by atoms with Crippen LogP contribution < -0.4 is 0 Å². The Morgan fingerprint density at radius 3 is 2.59 bits per heavy atom. The zero-order valence-electron chi connectivity index (χ0n) is 13.7. The molecule has 5 atom stereocenters. The fourth-order valence-corrected chi connectivity index (χ4v) is 5.30. The smallest absolute Gasteiger partial charge is 0.404 e. The maximum absolute atomic E-state index is 6.56. The number of ether oxygens (including phenoxy) is 2. The van der Waals surface area contributed by atoms with Crippen molar-refractivity contribution >= 4 is 18.7 Å². The van der Waals surface area contributed by atoms with E-state index in [1.54, 1.807) is 0 Å². The molecule has 5 rings (SSSR count). The Morgan fingerprint density at radius 2 is 1.91 bits per heavy atom. The minimum Gasteiger partial charge on any atom is -0.404 e. The summed E-state index contributed by atoms with van der Waals surface area (Å²) in [4.78, 5) is 0. The van der Waals surface area contributed by atoms with Crippen LogP contribution in [0, 0.1) is 17.3 Å². The summed E-state index contributed by atoms with van der Waals surface area (Å²) < 4.78 is 23.5. The first-order valence-electron chi connectivity index (χ1n) is 8.62. The minimum absolute atomic E-state index is 0.104. The molecule has 5 fully saturated rings. The van der Waals surface area contributed by atoms with Gasteiger partial charge in [-0.2, -0.15) is 0 Å². The van der Waals surface area contributed by atoms with E-state index in [1.807, 2.05) is 0 Å². The Kier molecular flexibility index (Phi) is 3.82. The van der Waals surface area contributed by atoms with Crippen molar-refractivity contribution in [3.8, 4) is 0 Å². The molecule has 3 aliphatic carbocycles. The Balaban J connectivity index is 1.37. The standard InChI is InChI=1S/C16H26BClO4/c1-15(2)10-8-11(15)16(3)12(9-10)21-17(22-16)13(18)4-5-14-19-6-7-20-14/h10-14H,4-9H2,1-3H3/t10-,11-,12-,13+,16-/m0/s1. The molecule has 0 unspecified atom stereocenters. The highest BCUT2D eigenvalue weighted by Crippen LogP contribution is 2.65. The van der Waals surface area contributed by atoms with Gasteiger partial charge in [0.2, 0.25) is 0 Å². The monoisotopic (exact) mass is 328 g/mol. The SMILES string of the molecule is CC1(C)[C@@H]2C[C@@H]3OB([C@H](Cl)CCC4OCCO4)O[C@@]3(C)[C@H]1C2. The highest BCUT2D eigenvalue weighted by molar-refractivity contribution is 6.59. The minimum atomic E-state index is -0.298. The molecule has 2 aliphatic heterocycles. The summed E-state index contributed by atoms with van der Waals surface area (Å²) in [7, 11) is -0.298. The molecule has 0 spiro atoms. The lowest BCUT2D eigenvalue weighted by atomic mass is 9.43. The Labute approximate surface area is 138 Å². The lowest BCUT2D eigenvalue weighted by Crippen LogP contribution is -2.65. The van der Waals surface area contributed by atoms with Gasteiger partial charge in [-0.05, 0) is 49.9 Å². The Morgan fingerprint density at radius 1 is 1.18 bits per heavy atom. The first-order valence-corrected chi connectivity index (χ1v) is 9.05. The second-order valence-corrected chi connectivity index (χ2v) is 8.66. The van der Waals surface area contributed by atoms with Gasteiger partial charge in [-0.1, -0.05) is 13.8 Å². The van der Waals surface area contributed by atoms with Crippen LogP contribution in [0.15, 0.2) is 0 Å². The molecule has 6 heteroatoms. The summed E-state index contributed by atoms with van der Waals surface area (Å²) in [5, 5.41) is -0.143. The number of halogens is 1. The van der Waals surface area contributed by atoms with Crippen molar-refractivity contribution in [2.24, 2.45) is 17.3 Å². The quantitative estimate of drug-likeness (QED) is 0.587. The second kappa shape index (κ2) is 5.35. The third kappa shape index (κ3) is 2.27. The molecule has 0 amide bonds. The molecular formula is C16H26BClO4. The van der Waals surface area contributed by atoms with Crippen molar-refractivity contribution in [1.29, 1.82) is 0 Å². The summed E-state index contributed by atoms with van der Waals surface area (Å²) in [6, 6.07) is 0. The van der Waals surface area contributed by atoms with E-state index in [4.69, 9.17) is 30.4 Å². The molecule has 2 heterocycles. The highest BCUT2D eigenvalue weighted by Gasteiger charge is 2.68. The van der Waals surface area contributed by atoms with Crippen molar-refractivity contribution in [1.82, 2.24) is 0 Å². The number of hydrogen-bond acceptors (Lipinski definition) is 4. The molecule has 0 aromatic carbocycles. The summed E-state index contributed by atoms with van der Waals surface area (Å²) >= 11 is 6.56. The molecule has 3 saturated carbocycles. The molecule has 4 nitrogen and oxygen atoms in total. The topological polar surface area (TPSA) is 36.9 Å². The van der Waals surface area contributed by atoms with Crippen molar-refractivity contribution in [2.75, 3.05) is 13.2 Å². The Bertz CT molecular complexity index is 442. The fourth-order valence-electron chi connectivity index (χ4n) is 5.06. The average molecular weight is 329 g/mol. The second-order valence-electron chi connectivity index (χ2n) is 8.10. The van der Waals surface area contributed by atoms with Crippen molar-refractivity contribution in [2.45, 2.75) is 69.7 Å². The van der Waals surface area contributed by atoms with E-state index in [-0.39, 0.29) is 30.4 Å². The summed E-state index contributed by atoms with van der Waals surface area (Å²) in [6.07, 6.45) is 4.07. The van der Waals surface area contributed by atoms with E-state index in [1.165, 1.54) is 6.42 Å². The van der Waals surface area contributed by atoms with Crippen LogP contribution in [0.25, 0.3) is 0 Å². The van der Waals surface area contributed by atoms with E-state index in [9.17, 15) is 0 Å². The van der Waals surface area contributed by atoms with Crippen LogP contribution in [0.4, 0.5) is 0 Å². The summed E-state index contributed by atoms with van der Waals surface area (Å²) in [5.41, 5.74) is 0.202. The van der Waals surface area contributed by atoms with Crippen molar-refractivity contribution < 1.29 is 18.8 Å². The third-order valence-electron chi connectivity index (χ3n) is 6.63. The zero-order chi connectivity index (χ0) is 15.5. The van der Waals surface area contributed by atoms with E-state index in [0.29, 0.717) is 24.5 Å². The molecule has 22 heavy (non-hydrogen) atoms. The number of alkyl halides is 1. The normalized spacial score (nSPS) is 44.7. The van der Waals surface area contributed by atoms with Gasteiger partial charge in [0.1, 0.15) is 0 Å². The zero-order valence-corrected chi connectivity index (χ0v) is 14.5. The van der Waals surface area contributed by atoms with Gasteiger partial charge in [-0.3, -0.25) is 0 Å². The molecule has 0 radical (unpaired) electrons. The number of rotatable bonds is 4. The van der Waals surface area contributed by atoms with Crippen LogP contribution in [0.3, 0.4) is 0 Å². The molecule has 0 aromatic rings. The molecule has 2 bridgehead atoms. The van der Waals surface area contributed by atoms with Crippen LogP contribution in [0.1, 0.15) is 46.5 Å². The van der Waals surface area contributed by atoms with Crippen LogP contribution in [0.5, 0.6) is 0 Å². The number of hydrogen-bond donors (Lipinski definition) is 0. The predicted molar refractivity (Wildman–Crippen MR) is 84.7 cm³/mol. The first kappa shape index (κ1) is 15.7. The van der Waals surface area contributed by atoms with Gasteiger partial charge in [0.15, 0.2) is 6.29 Å². The van der Waals surface area contributed by atoms with Crippen molar-refractivity contribution in [3.05, 3.63) is 0 Å². The van der Waals surface area contributed by atoms with Gasteiger partial charge in [0.05, 0.1) is 30.2 Å². The van der Waals surface area contributed by atoms with Gasteiger partial charge in [-0.25, -0.2) is 0 Å². The van der Waals surface area contributed by atoms with Crippen LogP contribution in [-0.2, 0) is 18.8 Å². The third-order valence-corrected chi connectivity index (χ3v) is 7.06. The van der Waals surface area contributed by atoms with Gasteiger partial charge in [0.25, 0.3) is 0 Å². The van der Waals surface area contributed by atoms with Crippen LogP contribution >= 0.6 is 11.6 Å². The van der Waals surface area contributed by atoms with E-state index >= 15 is 0 Å². The lowest BCUT2D eigenvalue weighted by Gasteiger charge is -2.64. The van der Waals surface area contributed by atoms with Crippen LogP contribution in [0.2, 0.25) is 0 Å². The van der Waals surface area contributed by atoms with E-state index < -0.39 is 0 Å². The molecule has 2 saturated heterocycles. The molecule has 0 aromatic heterocycles. The average Bonchev–Trinajstić information content (AvgIpc) is 3.10. The largest absolute Gasteiger partial charge is 0.476 e. The molecule has 5 aliphatic rings. The van der Waals surface area contributed by atoms with E-state index in [2.05, 4.69) is 20.8 Å². The maximum atomic E-state index is 6.56. The van der Waals surface area contributed by atoms with Gasteiger partial charge >= 0.3 is 7.12 Å². The summed E-state index contributed by atoms with van der Waals surface area (Å²) in [5.74, 6) is 1.35. The molecule has 124 valence electrons. The Hall–Kier alpha value is 0.195. The molecular weight excluding hydrogens is 302 g/mol. The predicted octanol–water partition coefficient (Wildman–Crippen LogP) is 3.01. The van der Waals surface area contributed by atoms with Crippen molar-refractivity contribution in [3.63, 3.8) is 0 Å². The lowest BCUT2D eigenvalue weighted by molar-refractivity contribution is -0.199.